The topological polar surface area (TPSA) is 47.9 Å². The summed E-state index contributed by atoms with van der Waals surface area (Å²) < 4.78 is 16.9. The van der Waals surface area contributed by atoms with Crippen LogP contribution in [-0.4, -0.2) is 13.3 Å². The van der Waals surface area contributed by atoms with Crippen LogP contribution in [0.4, 0.5) is 15.8 Å². The molecule has 0 aromatic heterocycles. The van der Waals surface area contributed by atoms with Gasteiger partial charge in [0.15, 0.2) is 0 Å². The van der Waals surface area contributed by atoms with E-state index >= 15 is 0 Å². The van der Waals surface area contributed by atoms with E-state index in [-0.39, 0.29) is 5.56 Å². The Morgan fingerprint density at radius 1 is 1.27 bits per heavy atom. The standard InChI is InChI=1S/C17H16FN3S/c1-11(12-4-5-13(10-19)16(18)8-12)15-7-6-14(21-22-3)9-17(15)20-2/h4-9,20-21H,1H2,2-3H3. The Bertz CT molecular complexity index is 750. The fraction of sp³-hybridized carbons (Fsp3) is 0.118. The van der Waals surface area contributed by atoms with Gasteiger partial charge in [-0.1, -0.05) is 30.7 Å². The first-order chi connectivity index (χ1) is 10.6. The van der Waals surface area contributed by atoms with Gasteiger partial charge >= 0.3 is 0 Å². The first-order valence-electron chi connectivity index (χ1n) is 6.60. The van der Waals surface area contributed by atoms with Crippen molar-refractivity contribution in [3.63, 3.8) is 0 Å². The molecule has 5 heteroatoms. The van der Waals surface area contributed by atoms with Crippen LogP contribution < -0.4 is 10.0 Å². The van der Waals surface area contributed by atoms with Crippen molar-refractivity contribution in [1.29, 1.82) is 5.26 Å². The average molecular weight is 313 g/mol. The van der Waals surface area contributed by atoms with Crippen LogP contribution in [0.3, 0.4) is 0 Å². The minimum atomic E-state index is -0.534. The molecule has 22 heavy (non-hydrogen) atoms. The second kappa shape index (κ2) is 7.01. The third-order valence-electron chi connectivity index (χ3n) is 3.27. The maximum atomic E-state index is 13.8. The molecule has 0 aliphatic carbocycles. The third kappa shape index (κ3) is 3.23. The van der Waals surface area contributed by atoms with Gasteiger partial charge in [-0.25, -0.2) is 4.39 Å². The molecule has 0 fully saturated rings. The summed E-state index contributed by atoms with van der Waals surface area (Å²) in [7, 11) is 1.83. The van der Waals surface area contributed by atoms with Crippen molar-refractivity contribution in [2.24, 2.45) is 0 Å². The van der Waals surface area contributed by atoms with Gasteiger partial charge in [-0.05, 0) is 35.4 Å². The van der Waals surface area contributed by atoms with Crippen molar-refractivity contribution in [3.05, 3.63) is 65.5 Å². The summed E-state index contributed by atoms with van der Waals surface area (Å²) in [5, 5.41) is 11.9. The Morgan fingerprint density at radius 3 is 2.64 bits per heavy atom. The lowest BCUT2D eigenvalue weighted by Gasteiger charge is -2.14. The molecule has 2 aromatic rings. The summed E-state index contributed by atoms with van der Waals surface area (Å²) in [6, 6.07) is 12.2. The summed E-state index contributed by atoms with van der Waals surface area (Å²) in [5.74, 6) is -0.534. The van der Waals surface area contributed by atoms with E-state index in [1.807, 2.05) is 37.6 Å². The molecule has 0 saturated heterocycles. The van der Waals surface area contributed by atoms with Crippen molar-refractivity contribution in [3.8, 4) is 6.07 Å². The number of rotatable bonds is 5. The van der Waals surface area contributed by atoms with Gasteiger partial charge in [0.1, 0.15) is 11.9 Å². The minimum absolute atomic E-state index is 0.0323. The molecule has 0 heterocycles. The van der Waals surface area contributed by atoms with Gasteiger partial charge < -0.3 is 10.0 Å². The normalized spacial score (nSPS) is 9.91. The molecule has 0 saturated carbocycles. The molecule has 0 aliphatic heterocycles. The lowest BCUT2D eigenvalue weighted by molar-refractivity contribution is 0.623. The number of nitriles is 1. The van der Waals surface area contributed by atoms with Crippen LogP contribution >= 0.6 is 11.9 Å². The zero-order chi connectivity index (χ0) is 16.1. The van der Waals surface area contributed by atoms with Gasteiger partial charge in [0.25, 0.3) is 0 Å². The Balaban J connectivity index is 2.41. The zero-order valence-corrected chi connectivity index (χ0v) is 13.2. The van der Waals surface area contributed by atoms with Crippen LogP contribution in [-0.2, 0) is 0 Å². The monoisotopic (exact) mass is 313 g/mol. The van der Waals surface area contributed by atoms with Crippen LogP contribution in [0, 0.1) is 17.1 Å². The van der Waals surface area contributed by atoms with Crippen molar-refractivity contribution in [1.82, 2.24) is 0 Å². The largest absolute Gasteiger partial charge is 0.388 e. The molecule has 0 aliphatic rings. The molecule has 2 rings (SSSR count). The molecular formula is C17H16FN3S. The van der Waals surface area contributed by atoms with Gasteiger partial charge in [0.05, 0.1) is 5.56 Å². The molecule has 0 bridgehead atoms. The number of nitrogens with zero attached hydrogens (tertiary/aromatic N) is 1. The van der Waals surface area contributed by atoms with E-state index in [1.165, 1.54) is 24.1 Å². The van der Waals surface area contributed by atoms with Crippen LogP contribution in [0.2, 0.25) is 0 Å². The Labute approximate surface area is 134 Å². The van der Waals surface area contributed by atoms with Gasteiger partial charge in [0, 0.05) is 30.2 Å². The molecule has 0 radical (unpaired) electrons. The van der Waals surface area contributed by atoms with Crippen LogP contribution in [0.1, 0.15) is 16.7 Å². The molecule has 2 aromatic carbocycles. The maximum absolute atomic E-state index is 13.8. The van der Waals surface area contributed by atoms with Crippen LogP contribution in [0.25, 0.3) is 5.57 Å². The highest BCUT2D eigenvalue weighted by Gasteiger charge is 2.11. The number of hydrogen-bond donors (Lipinski definition) is 2. The molecule has 0 amide bonds. The number of nitrogens with one attached hydrogen (secondary N) is 2. The van der Waals surface area contributed by atoms with E-state index in [0.29, 0.717) is 11.1 Å². The predicted molar refractivity (Wildman–Crippen MR) is 92.4 cm³/mol. The highest BCUT2D eigenvalue weighted by molar-refractivity contribution is 7.99. The number of benzene rings is 2. The summed E-state index contributed by atoms with van der Waals surface area (Å²) in [6.45, 7) is 4.06. The first kappa shape index (κ1) is 15.9. The highest BCUT2D eigenvalue weighted by Crippen LogP contribution is 2.31. The quantitative estimate of drug-likeness (QED) is 0.798. The number of anilines is 2. The van der Waals surface area contributed by atoms with Crippen LogP contribution in [0.15, 0.2) is 43.0 Å². The van der Waals surface area contributed by atoms with Gasteiger partial charge in [0.2, 0.25) is 0 Å². The first-order valence-corrected chi connectivity index (χ1v) is 7.83. The van der Waals surface area contributed by atoms with Crippen molar-refractivity contribution in [2.75, 3.05) is 23.3 Å². The maximum Gasteiger partial charge on any atom is 0.141 e. The molecule has 2 N–H and O–H groups in total. The Morgan fingerprint density at radius 2 is 2.05 bits per heavy atom. The van der Waals surface area contributed by atoms with Crippen LogP contribution in [0.5, 0.6) is 0 Å². The molecular weight excluding hydrogens is 297 g/mol. The summed E-state index contributed by atoms with van der Waals surface area (Å²) in [6.07, 6.45) is 1.95. The molecule has 0 atom stereocenters. The van der Waals surface area contributed by atoms with E-state index in [4.69, 9.17) is 5.26 Å². The Hall–Kier alpha value is -2.45. The summed E-state index contributed by atoms with van der Waals surface area (Å²) >= 11 is 1.51. The predicted octanol–water partition coefficient (Wildman–Crippen LogP) is 4.49. The molecule has 0 spiro atoms. The summed E-state index contributed by atoms with van der Waals surface area (Å²) in [5.41, 5.74) is 4.14. The fourth-order valence-electron chi connectivity index (χ4n) is 2.14. The second-order valence-electron chi connectivity index (χ2n) is 4.60. The number of halogens is 1. The van der Waals surface area contributed by atoms with Crippen molar-refractivity contribution < 1.29 is 4.39 Å². The minimum Gasteiger partial charge on any atom is -0.388 e. The Kier molecular flexibility index (Phi) is 5.08. The molecule has 3 nitrogen and oxygen atoms in total. The number of hydrogen-bond acceptors (Lipinski definition) is 4. The van der Waals surface area contributed by atoms with Gasteiger partial charge in [-0.15, -0.1) is 0 Å². The summed E-state index contributed by atoms with van der Waals surface area (Å²) in [4.78, 5) is 0. The highest BCUT2D eigenvalue weighted by atomic mass is 32.2. The van der Waals surface area contributed by atoms with E-state index in [9.17, 15) is 4.39 Å². The van der Waals surface area contributed by atoms with Gasteiger partial charge in [-0.3, -0.25) is 0 Å². The second-order valence-corrected chi connectivity index (χ2v) is 5.21. The average Bonchev–Trinajstić information content (AvgIpc) is 2.54. The smallest absolute Gasteiger partial charge is 0.141 e. The zero-order valence-electron chi connectivity index (χ0n) is 12.4. The lowest BCUT2D eigenvalue weighted by Crippen LogP contribution is -1.98. The van der Waals surface area contributed by atoms with E-state index < -0.39 is 5.82 Å². The molecule has 112 valence electrons. The van der Waals surface area contributed by atoms with Gasteiger partial charge in [-0.2, -0.15) is 5.26 Å². The van der Waals surface area contributed by atoms with E-state index in [2.05, 4.69) is 16.6 Å². The van der Waals surface area contributed by atoms with Crippen molar-refractivity contribution in [2.45, 2.75) is 0 Å². The van der Waals surface area contributed by atoms with E-state index in [1.54, 1.807) is 6.07 Å². The van der Waals surface area contributed by atoms with E-state index in [0.717, 1.165) is 16.9 Å². The third-order valence-corrected chi connectivity index (χ3v) is 3.71. The SMILES string of the molecule is C=C(c1ccc(C#N)c(F)c1)c1ccc(NSC)cc1NC. The fourth-order valence-corrected chi connectivity index (χ4v) is 2.51. The van der Waals surface area contributed by atoms with Crippen molar-refractivity contribution >= 4 is 28.9 Å². The molecule has 0 unspecified atom stereocenters. The lowest BCUT2D eigenvalue weighted by atomic mass is 9.96.